The second kappa shape index (κ2) is 4.57. The highest BCUT2D eigenvalue weighted by Gasteiger charge is 2.14. The van der Waals surface area contributed by atoms with Crippen molar-refractivity contribution in [1.82, 2.24) is 9.78 Å². The van der Waals surface area contributed by atoms with E-state index in [-0.39, 0.29) is 10.4 Å². The van der Waals surface area contributed by atoms with Crippen molar-refractivity contribution in [3.63, 3.8) is 0 Å². The van der Waals surface area contributed by atoms with E-state index < -0.39 is 10.1 Å². The first-order valence-electron chi connectivity index (χ1n) is 6.20. The number of H-pyrrole nitrogens is 1. The number of hydrogen-bond donors (Lipinski definition) is 3. The molecule has 3 aromatic rings. The summed E-state index contributed by atoms with van der Waals surface area (Å²) < 4.78 is 33.8. The highest BCUT2D eigenvalue weighted by atomic mass is 32.2. The summed E-state index contributed by atoms with van der Waals surface area (Å²) in [5, 5.41) is 12.0. The van der Waals surface area contributed by atoms with Gasteiger partial charge < -0.3 is 0 Å². The van der Waals surface area contributed by atoms with E-state index >= 15 is 0 Å². The predicted molar refractivity (Wildman–Crippen MR) is 78.0 cm³/mol. The molecule has 0 bridgehead atoms. The summed E-state index contributed by atoms with van der Waals surface area (Å²) in [5.41, 5.74) is 1.70. The van der Waals surface area contributed by atoms with Gasteiger partial charge in [-0.2, -0.15) is 8.42 Å². The summed E-state index contributed by atoms with van der Waals surface area (Å²) >= 11 is 0. The highest BCUT2D eigenvalue weighted by Crippen LogP contribution is 2.25. The SMILES string of the molecule is Cc1cc(=N)n(-c2ccc3cccc(S(=O)(=O)O)c3c2)[nH]1. The van der Waals surface area contributed by atoms with Gasteiger partial charge in [0.15, 0.2) is 0 Å². The largest absolute Gasteiger partial charge is 0.297 e. The third-order valence-corrected chi connectivity index (χ3v) is 4.16. The maximum absolute atomic E-state index is 11.5. The third-order valence-electron chi connectivity index (χ3n) is 3.24. The van der Waals surface area contributed by atoms with Crippen LogP contribution in [0.15, 0.2) is 47.4 Å². The number of nitrogens with one attached hydrogen (secondary N) is 2. The molecule has 0 fully saturated rings. The lowest BCUT2D eigenvalue weighted by molar-refractivity contribution is 0.484. The predicted octanol–water partition coefficient (Wildman–Crippen LogP) is 1.99. The molecule has 1 aromatic heterocycles. The Labute approximate surface area is 120 Å². The van der Waals surface area contributed by atoms with Gasteiger partial charge in [0.2, 0.25) is 0 Å². The summed E-state index contributed by atoms with van der Waals surface area (Å²) in [5.74, 6) is 0. The van der Waals surface area contributed by atoms with Crippen molar-refractivity contribution >= 4 is 20.9 Å². The second-order valence-electron chi connectivity index (χ2n) is 4.80. The van der Waals surface area contributed by atoms with Crippen LogP contribution in [-0.2, 0) is 10.1 Å². The topological polar surface area (TPSA) is 98.9 Å². The van der Waals surface area contributed by atoms with E-state index in [0.29, 0.717) is 16.5 Å². The molecule has 0 amide bonds. The average Bonchev–Trinajstić information content (AvgIpc) is 2.75. The Balaban J connectivity index is 2.34. The van der Waals surface area contributed by atoms with E-state index in [1.165, 1.54) is 10.7 Å². The van der Waals surface area contributed by atoms with Crippen LogP contribution in [0.2, 0.25) is 0 Å². The average molecular weight is 303 g/mol. The number of aromatic nitrogens is 2. The molecule has 0 aliphatic carbocycles. The molecule has 0 atom stereocenters. The fourth-order valence-electron chi connectivity index (χ4n) is 2.34. The van der Waals surface area contributed by atoms with Crippen LogP contribution < -0.4 is 5.49 Å². The van der Waals surface area contributed by atoms with E-state index in [4.69, 9.17) is 5.41 Å². The van der Waals surface area contributed by atoms with Gasteiger partial charge in [-0.25, -0.2) is 4.68 Å². The number of hydrogen-bond acceptors (Lipinski definition) is 3. The van der Waals surface area contributed by atoms with Crippen LogP contribution in [0.3, 0.4) is 0 Å². The number of aromatic amines is 1. The van der Waals surface area contributed by atoms with Crippen molar-refractivity contribution in [3.05, 3.63) is 53.6 Å². The van der Waals surface area contributed by atoms with Crippen LogP contribution in [0, 0.1) is 12.3 Å². The van der Waals surface area contributed by atoms with E-state index in [1.54, 1.807) is 36.4 Å². The molecule has 0 saturated carbocycles. The Morgan fingerprint density at radius 3 is 2.57 bits per heavy atom. The molecule has 0 unspecified atom stereocenters. The Morgan fingerprint density at radius 2 is 1.95 bits per heavy atom. The van der Waals surface area contributed by atoms with Gasteiger partial charge in [-0.15, -0.1) is 0 Å². The number of rotatable bonds is 2. The van der Waals surface area contributed by atoms with Gasteiger partial charge in [0, 0.05) is 17.1 Å². The normalized spacial score (nSPS) is 11.9. The molecule has 3 N–H and O–H groups in total. The zero-order valence-corrected chi connectivity index (χ0v) is 12.0. The molecular formula is C14H13N3O3S. The molecule has 0 spiro atoms. The summed E-state index contributed by atoms with van der Waals surface area (Å²) in [6.45, 7) is 1.83. The van der Waals surface area contributed by atoms with Crippen LogP contribution in [0.5, 0.6) is 0 Å². The molecule has 108 valence electrons. The Kier molecular flexibility index (Phi) is 2.96. The highest BCUT2D eigenvalue weighted by molar-refractivity contribution is 7.86. The van der Waals surface area contributed by atoms with Crippen molar-refractivity contribution in [1.29, 1.82) is 5.41 Å². The Bertz CT molecular complexity index is 1000. The van der Waals surface area contributed by atoms with Crippen LogP contribution in [0.1, 0.15) is 5.69 Å². The molecule has 0 aliphatic rings. The van der Waals surface area contributed by atoms with Crippen LogP contribution in [0.4, 0.5) is 0 Å². The molecule has 21 heavy (non-hydrogen) atoms. The molecule has 6 nitrogen and oxygen atoms in total. The van der Waals surface area contributed by atoms with Crippen molar-refractivity contribution in [2.75, 3.05) is 0 Å². The Morgan fingerprint density at radius 1 is 1.19 bits per heavy atom. The summed E-state index contributed by atoms with van der Waals surface area (Å²) in [6, 6.07) is 11.5. The fraction of sp³-hybridized carbons (Fsp3) is 0.0714. The maximum Gasteiger partial charge on any atom is 0.295 e. The zero-order chi connectivity index (χ0) is 15.2. The lowest BCUT2D eigenvalue weighted by Gasteiger charge is -2.08. The molecule has 0 aliphatic heterocycles. The minimum absolute atomic E-state index is 0.141. The Hall–Kier alpha value is -2.38. The van der Waals surface area contributed by atoms with Gasteiger partial charge in [-0.05, 0) is 30.5 Å². The number of aryl methyl sites for hydroxylation is 1. The molecule has 0 saturated heterocycles. The van der Waals surface area contributed by atoms with E-state index in [2.05, 4.69) is 5.10 Å². The van der Waals surface area contributed by atoms with Crippen molar-refractivity contribution < 1.29 is 13.0 Å². The van der Waals surface area contributed by atoms with E-state index in [1.807, 2.05) is 6.92 Å². The van der Waals surface area contributed by atoms with Gasteiger partial charge in [-0.3, -0.25) is 15.1 Å². The minimum atomic E-state index is -4.30. The number of benzene rings is 2. The third kappa shape index (κ3) is 2.37. The van der Waals surface area contributed by atoms with Crippen molar-refractivity contribution in [2.45, 2.75) is 11.8 Å². The lowest BCUT2D eigenvalue weighted by atomic mass is 10.1. The minimum Gasteiger partial charge on any atom is -0.297 e. The van der Waals surface area contributed by atoms with Gasteiger partial charge in [0.05, 0.1) is 5.69 Å². The van der Waals surface area contributed by atoms with Gasteiger partial charge in [-0.1, -0.05) is 18.2 Å². The molecule has 7 heteroatoms. The van der Waals surface area contributed by atoms with Crippen LogP contribution >= 0.6 is 0 Å². The van der Waals surface area contributed by atoms with Gasteiger partial charge >= 0.3 is 0 Å². The number of fused-ring (bicyclic) bond motifs is 1. The zero-order valence-electron chi connectivity index (χ0n) is 11.2. The standard InChI is InChI=1S/C14H13N3O3S/c1-9-7-14(15)17(16-9)11-6-5-10-3-2-4-13(12(10)8-11)21(18,19)20/h2-8,15-16H,1H3,(H,18,19,20). The van der Waals surface area contributed by atoms with E-state index in [9.17, 15) is 13.0 Å². The molecular weight excluding hydrogens is 290 g/mol. The number of nitrogens with zero attached hydrogens (tertiary/aromatic N) is 1. The molecule has 3 rings (SSSR count). The molecule has 2 aromatic carbocycles. The first kappa shape index (κ1) is 13.6. The monoisotopic (exact) mass is 303 g/mol. The van der Waals surface area contributed by atoms with Crippen LogP contribution in [-0.4, -0.2) is 22.8 Å². The smallest absolute Gasteiger partial charge is 0.295 e. The molecule has 0 radical (unpaired) electrons. The van der Waals surface area contributed by atoms with E-state index in [0.717, 1.165) is 5.69 Å². The summed E-state index contributed by atoms with van der Waals surface area (Å²) in [6.07, 6.45) is 0. The van der Waals surface area contributed by atoms with Crippen molar-refractivity contribution in [3.8, 4) is 5.69 Å². The quantitative estimate of drug-likeness (QED) is 0.631. The summed E-state index contributed by atoms with van der Waals surface area (Å²) in [4.78, 5) is -0.141. The first-order chi connectivity index (χ1) is 9.86. The second-order valence-corrected chi connectivity index (χ2v) is 6.19. The van der Waals surface area contributed by atoms with Crippen LogP contribution in [0.25, 0.3) is 16.5 Å². The summed E-state index contributed by atoms with van der Waals surface area (Å²) in [7, 11) is -4.30. The molecule has 1 heterocycles. The van der Waals surface area contributed by atoms with Gasteiger partial charge in [0.1, 0.15) is 10.4 Å². The fourth-order valence-corrected chi connectivity index (χ4v) is 3.04. The van der Waals surface area contributed by atoms with Crippen molar-refractivity contribution in [2.24, 2.45) is 0 Å². The maximum atomic E-state index is 11.5. The first-order valence-corrected chi connectivity index (χ1v) is 7.64. The van der Waals surface area contributed by atoms with Gasteiger partial charge in [0.25, 0.3) is 10.1 Å². The lowest BCUT2D eigenvalue weighted by Crippen LogP contribution is -2.13.